The molecule has 0 radical (unpaired) electrons. The van der Waals surface area contributed by atoms with Gasteiger partial charge in [0.15, 0.2) is 0 Å². The van der Waals surface area contributed by atoms with E-state index < -0.39 is 0 Å². The van der Waals surface area contributed by atoms with Crippen molar-refractivity contribution in [3.8, 4) is 0 Å². The van der Waals surface area contributed by atoms with Crippen molar-refractivity contribution in [2.45, 2.75) is 38.1 Å². The highest BCUT2D eigenvalue weighted by molar-refractivity contribution is 6.17. The van der Waals surface area contributed by atoms with E-state index in [1.165, 1.54) is 11.1 Å². The van der Waals surface area contributed by atoms with Crippen LogP contribution in [-0.2, 0) is 11.2 Å². The van der Waals surface area contributed by atoms with Crippen molar-refractivity contribution in [1.82, 2.24) is 5.32 Å². The van der Waals surface area contributed by atoms with Gasteiger partial charge < -0.3 is 5.32 Å². The molecule has 1 N–H and O–H groups in total. The first-order valence-corrected chi connectivity index (χ1v) is 6.78. The predicted molar refractivity (Wildman–Crippen MR) is 70.2 cm³/mol. The van der Waals surface area contributed by atoms with Gasteiger partial charge in [0.05, 0.1) is 6.04 Å². The van der Waals surface area contributed by atoms with Crippen LogP contribution >= 0.6 is 11.6 Å². The zero-order valence-corrected chi connectivity index (χ0v) is 10.7. The van der Waals surface area contributed by atoms with Crippen LogP contribution in [0, 0.1) is 0 Å². The zero-order valence-electron chi connectivity index (χ0n) is 9.92. The molecule has 0 fully saturated rings. The van der Waals surface area contributed by atoms with Crippen LogP contribution in [0.4, 0.5) is 0 Å². The number of fused-ring (bicyclic) bond motifs is 1. The van der Waals surface area contributed by atoms with Crippen LogP contribution < -0.4 is 5.32 Å². The standard InChI is InChI=1S/C14H18ClNO/c15-10-4-9-14(17)16-13-8-3-6-11-5-1-2-7-12(11)13/h1-2,5,7,13H,3-4,6,8-10H2,(H,16,17)/t13-/m1/s1. The maximum absolute atomic E-state index is 11.7. The molecule has 1 aromatic rings. The third kappa shape index (κ3) is 3.22. The average molecular weight is 252 g/mol. The van der Waals surface area contributed by atoms with Crippen LogP contribution in [0.3, 0.4) is 0 Å². The van der Waals surface area contributed by atoms with Gasteiger partial charge in [-0.2, -0.15) is 0 Å². The lowest BCUT2D eigenvalue weighted by molar-refractivity contribution is -0.121. The maximum atomic E-state index is 11.7. The molecule has 1 aliphatic rings. The quantitative estimate of drug-likeness (QED) is 0.818. The van der Waals surface area contributed by atoms with Crippen LogP contribution in [0.25, 0.3) is 0 Å². The number of alkyl halides is 1. The van der Waals surface area contributed by atoms with Gasteiger partial charge >= 0.3 is 0 Å². The Bertz CT molecular complexity index is 392. The third-order valence-corrected chi connectivity index (χ3v) is 3.51. The number of amides is 1. The summed E-state index contributed by atoms with van der Waals surface area (Å²) in [6.07, 6.45) is 4.61. The van der Waals surface area contributed by atoms with E-state index in [1.807, 2.05) is 6.07 Å². The monoisotopic (exact) mass is 251 g/mol. The largest absolute Gasteiger partial charge is 0.349 e. The molecule has 0 unspecified atom stereocenters. The molecule has 0 aromatic heterocycles. The van der Waals surface area contributed by atoms with E-state index in [0.29, 0.717) is 12.3 Å². The number of halogens is 1. The Morgan fingerprint density at radius 3 is 3.06 bits per heavy atom. The summed E-state index contributed by atoms with van der Waals surface area (Å²) in [6, 6.07) is 8.59. The van der Waals surface area contributed by atoms with Gasteiger partial charge in [-0.25, -0.2) is 0 Å². The van der Waals surface area contributed by atoms with E-state index in [4.69, 9.17) is 11.6 Å². The average Bonchev–Trinajstić information content (AvgIpc) is 2.37. The predicted octanol–water partition coefficient (Wildman–Crippen LogP) is 3.20. The van der Waals surface area contributed by atoms with Crippen molar-refractivity contribution < 1.29 is 4.79 Å². The minimum absolute atomic E-state index is 0.118. The van der Waals surface area contributed by atoms with E-state index in [-0.39, 0.29) is 11.9 Å². The number of nitrogens with one attached hydrogen (secondary N) is 1. The lowest BCUT2D eigenvalue weighted by Gasteiger charge is -2.26. The van der Waals surface area contributed by atoms with Gasteiger partial charge in [-0.3, -0.25) is 4.79 Å². The number of rotatable bonds is 4. The van der Waals surface area contributed by atoms with Gasteiger partial charge in [0.2, 0.25) is 5.91 Å². The highest BCUT2D eigenvalue weighted by Gasteiger charge is 2.20. The van der Waals surface area contributed by atoms with Crippen molar-refractivity contribution in [3.63, 3.8) is 0 Å². The minimum Gasteiger partial charge on any atom is -0.349 e. The fraction of sp³-hybridized carbons (Fsp3) is 0.500. The number of benzene rings is 1. The Morgan fingerprint density at radius 2 is 2.24 bits per heavy atom. The fourth-order valence-corrected chi connectivity index (χ4v) is 2.53. The first kappa shape index (κ1) is 12.4. The zero-order chi connectivity index (χ0) is 12.1. The lowest BCUT2D eigenvalue weighted by Crippen LogP contribution is -2.30. The molecular formula is C14H18ClNO. The second-order valence-corrected chi connectivity index (χ2v) is 4.88. The first-order chi connectivity index (χ1) is 8.31. The van der Waals surface area contributed by atoms with E-state index in [9.17, 15) is 4.79 Å². The van der Waals surface area contributed by atoms with Crippen molar-refractivity contribution in [2.75, 3.05) is 5.88 Å². The van der Waals surface area contributed by atoms with E-state index in [1.54, 1.807) is 0 Å². The Hall–Kier alpha value is -1.02. The van der Waals surface area contributed by atoms with Crippen LogP contribution in [0.5, 0.6) is 0 Å². The first-order valence-electron chi connectivity index (χ1n) is 6.24. The Kier molecular flexibility index (Phi) is 4.43. The molecule has 17 heavy (non-hydrogen) atoms. The molecule has 0 saturated heterocycles. The summed E-state index contributed by atoms with van der Waals surface area (Å²) in [5.74, 6) is 0.668. The fourth-order valence-electron chi connectivity index (χ4n) is 2.40. The Labute approximate surface area is 107 Å². The van der Waals surface area contributed by atoms with Gasteiger partial charge in [-0.15, -0.1) is 11.6 Å². The van der Waals surface area contributed by atoms with Crippen LogP contribution in [0.1, 0.15) is 42.9 Å². The summed E-state index contributed by atoms with van der Waals surface area (Å²) in [7, 11) is 0. The highest BCUT2D eigenvalue weighted by atomic mass is 35.5. The number of carbonyl (C=O) groups excluding carboxylic acids is 1. The number of carbonyl (C=O) groups is 1. The van der Waals surface area contributed by atoms with Crippen LogP contribution in [-0.4, -0.2) is 11.8 Å². The van der Waals surface area contributed by atoms with E-state index in [0.717, 1.165) is 25.7 Å². The minimum atomic E-state index is 0.118. The molecule has 3 heteroatoms. The van der Waals surface area contributed by atoms with Crippen molar-refractivity contribution >= 4 is 17.5 Å². The smallest absolute Gasteiger partial charge is 0.220 e. The number of hydrogen-bond acceptors (Lipinski definition) is 1. The van der Waals surface area contributed by atoms with Gasteiger partial charge in [-0.1, -0.05) is 24.3 Å². The molecule has 1 atom stereocenters. The molecule has 0 heterocycles. The van der Waals surface area contributed by atoms with Gasteiger partial charge in [-0.05, 0) is 36.8 Å². The molecule has 0 saturated carbocycles. The van der Waals surface area contributed by atoms with Crippen LogP contribution in [0.2, 0.25) is 0 Å². The van der Waals surface area contributed by atoms with Crippen LogP contribution in [0.15, 0.2) is 24.3 Å². The van der Waals surface area contributed by atoms with Gasteiger partial charge in [0.25, 0.3) is 0 Å². The van der Waals surface area contributed by atoms with Crippen molar-refractivity contribution in [2.24, 2.45) is 0 Å². The van der Waals surface area contributed by atoms with Crippen molar-refractivity contribution in [1.29, 1.82) is 0 Å². The molecule has 0 bridgehead atoms. The third-order valence-electron chi connectivity index (χ3n) is 3.24. The summed E-state index contributed by atoms with van der Waals surface area (Å²) >= 11 is 5.59. The normalized spacial score (nSPS) is 18.5. The lowest BCUT2D eigenvalue weighted by atomic mass is 9.87. The van der Waals surface area contributed by atoms with Gasteiger partial charge in [0, 0.05) is 12.3 Å². The van der Waals surface area contributed by atoms with Gasteiger partial charge in [0.1, 0.15) is 0 Å². The summed E-state index contributed by atoms with van der Waals surface area (Å²) in [6.45, 7) is 0. The molecule has 0 aliphatic heterocycles. The topological polar surface area (TPSA) is 29.1 Å². The Morgan fingerprint density at radius 1 is 1.41 bits per heavy atom. The Balaban J connectivity index is 2.01. The SMILES string of the molecule is O=C(CCCCl)N[C@@H]1CCCc2ccccc21. The summed E-state index contributed by atoms with van der Waals surface area (Å²) in [5.41, 5.74) is 2.67. The molecule has 2 rings (SSSR count). The number of aryl methyl sites for hydroxylation is 1. The maximum Gasteiger partial charge on any atom is 0.220 e. The molecule has 0 spiro atoms. The van der Waals surface area contributed by atoms with E-state index >= 15 is 0 Å². The summed E-state index contributed by atoms with van der Waals surface area (Å²) < 4.78 is 0. The molecule has 1 amide bonds. The molecule has 1 aromatic carbocycles. The number of hydrogen-bond donors (Lipinski definition) is 1. The second-order valence-electron chi connectivity index (χ2n) is 4.50. The second kappa shape index (κ2) is 6.06. The molecule has 92 valence electrons. The molecule has 1 aliphatic carbocycles. The molecular weight excluding hydrogens is 234 g/mol. The summed E-state index contributed by atoms with van der Waals surface area (Å²) in [5, 5.41) is 3.11. The van der Waals surface area contributed by atoms with E-state index in [2.05, 4.69) is 23.5 Å². The highest BCUT2D eigenvalue weighted by Crippen LogP contribution is 2.29. The molecule has 2 nitrogen and oxygen atoms in total. The van der Waals surface area contributed by atoms with Crippen molar-refractivity contribution in [3.05, 3.63) is 35.4 Å². The summed E-state index contributed by atoms with van der Waals surface area (Å²) in [4.78, 5) is 11.7.